The van der Waals surface area contributed by atoms with Crippen LogP contribution in [0, 0.1) is 0 Å². The van der Waals surface area contributed by atoms with Gasteiger partial charge in [-0.15, -0.1) is 21.5 Å². The Morgan fingerprint density at radius 1 is 1.09 bits per heavy atom. The minimum atomic E-state index is -4.17. The van der Waals surface area contributed by atoms with E-state index in [9.17, 15) is 21.9 Å². The maximum absolute atomic E-state index is 13.2. The first-order valence-corrected chi connectivity index (χ1v) is 13.6. The van der Waals surface area contributed by atoms with E-state index in [-0.39, 0.29) is 23.3 Å². The van der Waals surface area contributed by atoms with E-state index in [1.807, 2.05) is 42.5 Å². The van der Waals surface area contributed by atoms with Crippen LogP contribution in [-0.4, -0.2) is 60.7 Å². The number of thiazole rings is 1. The summed E-state index contributed by atoms with van der Waals surface area (Å²) in [6.45, 7) is -1.06. The minimum absolute atomic E-state index is 0.135. The Morgan fingerprint density at radius 3 is 2.56 bits per heavy atom. The van der Waals surface area contributed by atoms with Crippen LogP contribution in [-0.2, 0) is 27.3 Å². The van der Waals surface area contributed by atoms with Crippen LogP contribution in [0.25, 0.3) is 21.3 Å². The normalized spacial score (nSPS) is 14.0. The fraction of sp³-hybridized carbons (Fsp3) is 0.250. The molecule has 0 aliphatic carbocycles. The SMILES string of the molecule is O=[SH](=O)NCc1nnc(C(c2nc3ccc(-c4ccccc4)cc3s2)S(=O)(=O)CC(O)CO)o1. The molecule has 2 unspecified atom stereocenters. The van der Waals surface area contributed by atoms with Crippen LogP contribution >= 0.6 is 11.3 Å². The van der Waals surface area contributed by atoms with Crippen LogP contribution in [0.15, 0.2) is 52.9 Å². The average Bonchev–Trinajstić information content (AvgIpc) is 3.44. The van der Waals surface area contributed by atoms with Crippen LogP contribution in [0.4, 0.5) is 0 Å². The van der Waals surface area contributed by atoms with Gasteiger partial charge in [-0.3, -0.25) is 0 Å². The van der Waals surface area contributed by atoms with E-state index in [0.29, 0.717) is 5.52 Å². The molecule has 0 radical (unpaired) electrons. The molecule has 0 aliphatic rings. The van der Waals surface area contributed by atoms with Crippen molar-refractivity contribution in [3.63, 3.8) is 0 Å². The van der Waals surface area contributed by atoms with Crippen molar-refractivity contribution in [3.05, 3.63) is 65.3 Å². The average molecular weight is 525 g/mol. The molecule has 0 aliphatic heterocycles. The predicted octanol–water partition coefficient (Wildman–Crippen LogP) is 0.820. The Balaban J connectivity index is 1.76. The third kappa shape index (κ3) is 5.48. The Labute approximate surface area is 200 Å². The molecule has 2 aromatic heterocycles. The second-order valence-electron chi connectivity index (χ2n) is 7.27. The van der Waals surface area contributed by atoms with E-state index in [0.717, 1.165) is 27.2 Å². The lowest BCUT2D eigenvalue weighted by Gasteiger charge is -2.14. The van der Waals surface area contributed by atoms with E-state index >= 15 is 0 Å². The molecule has 2 aromatic carbocycles. The third-order valence-corrected chi connectivity index (χ3v) is 8.44. The quantitative estimate of drug-likeness (QED) is 0.218. The molecular weight excluding hydrogens is 504 g/mol. The molecule has 2 atom stereocenters. The molecule has 4 aromatic rings. The maximum Gasteiger partial charge on any atom is 0.241 e. The molecule has 14 heteroatoms. The maximum atomic E-state index is 13.2. The summed E-state index contributed by atoms with van der Waals surface area (Å²) in [6.07, 6.45) is -1.51. The van der Waals surface area contributed by atoms with Gasteiger partial charge in [-0.2, -0.15) is 0 Å². The van der Waals surface area contributed by atoms with Gasteiger partial charge in [0.25, 0.3) is 0 Å². The number of thiol groups is 1. The number of aliphatic hydroxyl groups is 2. The van der Waals surface area contributed by atoms with Crippen LogP contribution in [0.5, 0.6) is 0 Å². The fourth-order valence-corrected chi connectivity index (χ4v) is 6.70. The Bertz CT molecular complexity index is 1460. The molecular formula is C20H20N4O7S3. The molecule has 0 saturated carbocycles. The zero-order valence-corrected chi connectivity index (χ0v) is 20.0. The highest BCUT2D eigenvalue weighted by molar-refractivity contribution is 7.92. The largest absolute Gasteiger partial charge is 0.422 e. The highest BCUT2D eigenvalue weighted by Crippen LogP contribution is 2.37. The number of nitrogens with zero attached hydrogens (tertiary/aromatic N) is 3. The standard InChI is InChI=1S/C20H20N4O7S3/c25-10-14(26)11-34(29,30)18(19-24-23-17(31-19)9-21-33(27)28)20-22-15-7-6-13(8-16(15)32-20)12-4-2-1-3-5-12/h1-8,14,18,25-26,33H,9-11H2,(H,21,27,28). The third-order valence-electron chi connectivity index (χ3n) is 4.80. The number of aliphatic hydroxyl groups excluding tert-OH is 2. The second kappa shape index (κ2) is 10.2. The van der Waals surface area contributed by atoms with Gasteiger partial charge < -0.3 is 14.6 Å². The van der Waals surface area contributed by atoms with Gasteiger partial charge in [-0.25, -0.2) is 26.5 Å². The van der Waals surface area contributed by atoms with Crippen molar-refractivity contribution in [3.8, 4) is 11.1 Å². The van der Waals surface area contributed by atoms with Crippen molar-refractivity contribution in [2.24, 2.45) is 0 Å². The van der Waals surface area contributed by atoms with Crippen LogP contribution in [0.2, 0.25) is 0 Å². The van der Waals surface area contributed by atoms with Gasteiger partial charge in [0.2, 0.25) is 22.7 Å². The predicted molar refractivity (Wildman–Crippen MR) is 125 cm³/mol. The first kappa shape index (κ1) is 24.4. The molecule has 0 saturated heterocycles. The number of sulfone groups is 1. The monoisotopic (exact) mass is 524 g/mol. The number of fused-ring (bicyclic) bond motifs is 1. The zero-order valence-electron chi connectivity index (χ0n) is 17.4. The lowest BCUT2D eigenvalue weighted by molar-refractivity contribution is 0.112. The summed E-state index contributed by atoms with van der Waals surface area (Å²) in [5.41, 5.74) is 2.48. The summed E-state index contributed by atoms with van der Waals surface area (Å²) in [5, 5.41) is 25.1. The molecule has 34 heavy (non-hydrogen) atoms. The van der Waals surface area contributed by atoms with Crippen molar-refractivity contribution in [1.82, 2.24) is 19.9 Å². The van der Waals surface area contributed by atoms with Crippen molar-refractivity contribution < 1.29 is 31.5 Å². The first-order chi connectivity index (χ1) is 16.3. The van der Waals surface area contributed by atoms with Gasteiger partial charge in [-0.1, -0.05) is 36.4 Å². The summed E-state index contributed by atoms with van der Waals surface area (Å²) in [4.78, 5) is 4.46. The molecule has 0 fully saturated rings. The topological polar surface area (TPSA) is 173 Å². The first-order valence-electron chi connectivity index (χ1n) is 9.93. The molecule has 180 valence electrons. The molecule has 0 spiro atoms. The molecule has 0 amide bonds. The van der Waals surface area contributed by atoms with Crippen molar-refractivity contribution in [1.29, 1.82) is 0 Å². The van der Waals surface area contributed by atoms with E-state index < -0.39 is 44.4 Å². The van der Waals surface area contributed by atoms with Gasteiger partial charge in [0.15, 0.2) is 15.1 Å². The molecule has 11 nitrogen and oxygen atoms in total. The second-order valence-corrected chi connectivity index (χ2v) is 11.3. The van der Waals surface area contributed by atoms with Gasteiger partial charge in [-0.05, 0) is 23.3 Å². The van der Waals surface area contributed by atoms with Crippen LogP contribution < -0.4 is 4.72 Å². The highest BCUT2D eigenvalue weighted by Gasteiger charge is 2.38. The lowest BCUT2D eigenvalue weighted by Crippen LogP contribution is -2.28. The van der Waals surface area contributed by atoms with Crippen molar-refractivity contribution >= 4 is 42.3 Å². The number of aromatic nitrogens is 3. The summed E-state index contributed by atoms with van der Waals surface area (Å²) < 4.78 is 56.2. The van der Waals surface area contributed by atoms with E-state index in [2.05, 4.69) is 19.9 Å². The Hall–Kier alpha value is -2.75. The van der Waals surface area contributed by atoms with Gasteiger partial charge >= 0.3 is 0 Å². The number of rotatable bonds is 10. The number of hydrogen-bond donors (Lipinski definition) is 4. The van der Waals surface area contributed by atoms with Gasteiger partial charge in [0.05, 0.1) is 35.2 Å². The summed E-state index contributed by atoms with van der Waals surface area (Å²) in [6, 6.07) is 15.2. The van der Waals surface area contributed by atoms with Crippen LogP contribution in [0.3, 0.4) is 0 Å². The van der Waals surface area contributed by atoms with E-state index in [1.165, 1.54) is 0 Å². The van der Waals surface area contributed by atoms with Gasteiger partial charge in [0, 0.05) is 0 Å². The zero-order chi connectivity index (χ0) is 24.3. The van der Waals surface area contributed by atoms with Gasteiger partial charge in [0.1, 0.15) is 5.01 Å². The van der Waals surface area contributed by atoms with E-state index in [4.69, 9.17) is 9.52 Å². The number of benzene rings is 2. The molecule has 3 N–H and O–H groups in total. The van der Waals surface area contributed by atoms with Crippen LogP contribution in [0.1, 0.15) is 22.0 Å². The number of nitrogens with one attached hydrogen (secondary N) is 1. The fourth-order valence-electron chi connectivity index (χ4n) is 3.27. The number of hydrogen-bond acceptors (Lipinski definition) is 11. The summed E-state index contributed by atoms with van der Waals surface area (Å²) in [5.74, 6) is -1.21. The minimum Gasteiger partial charge on any atom is -0.422 e. The van der Waals surface area contributed by atoms with Crippen molar-refractivity contribution in [2.45, 2.75) is 17.9 Å². The van der Waals surface area contributed by atoms with Crippen molar-refractivity contribution in [2.75, 3.05) is 12.4 Å². The summed E-state index contributed by atoms with van der Waals surface area (Å²) in [7, 11) is -7.08. The smallest absolute Gasteiger partial charge is 0.241 e. The Kier molecular flexibility index (Phi) is 7.35. The summed E-state index contributed by atoms with van der Waals surface area (Å²) >= 11 is 1.12. The molecule has 2 heterocycles. The van der Waals surface area contributed by atoms with E-state index in [1.54, 1.807) is 6.07 Å². The lowest BCUT2D eigenvalue weighted by atomic mass is 10.1. The molecule has 4 rings (SSSR count). The Morgan fingerprint density at radius 2 is 1.85 bits per heavy atom. The molecule has 0 bridgehead atoms. The highest BCUT2D eigenvalue weighted by atomic mass is 32.2.